The maximum absolute atomic E-state index is 11.9. The second-order valence-electron chi connectivity index (χ2n) is 6.18. The molecule has 0 aliphatic rings. The highest BCUT2D eigenvalue weighted by atomic mass is 16.5. The van der Waals surface area contributed by atoms with Crippen LogP contribution in [0, 0.1) is 5.92 Å². The smallest absolute Gasteiger partial charge is 0.271 e. The number of aromatic nitrogens is 2. The van der Waals surface area contributed by atoms with E-state index in [-0.39, 0.29) is 12.0 Å². The quantitative estimate of drug-likeness (QED) is 0.815. The van der Waals surface area contributed by atoms with Crippen molar-refractivity contribution in [2.75, 3.05) is 11.9 Å². The Balaban J connectivity index is 2.05. The molecular weight excluding hydrogens is 304 g/mol. The van der Waals surface area contributed by atoms with E-state index < -0.39 is 0 Å². The second kappa shape index (κ2) is 8.29. The summed E-state index contributed by atoms with van der Waals surface area (Å²) in [6.45, 7) is 8.63. The Morgan fingerprint density at radius 1 is 1.12 bits per heavy atom. The fourth-order valence-electron chi connectivity index (χ4n) is 1.96. The summed E-state index contributed by atoms with van der Waals surface area (Å²) >= 11 is 0. The summed E-state index contributed by atoms with van der Waals surface area (Å²) < 4.78 is 5.76. The van der Waals surface area contributed by atoms with Gasteiger partial charge in [-0.2, -0.15) is 0 Å². The molecule has 1 aromatic carbocycles. The number of amides is 1. The molecule has 0 bridgehead atoms. The maximum atomic E-state index is 11.9. The van der Waals surface area contributed by atoms with Crippen molar-refractivity contribution in [2.24, 2.45) is 5.92 Å². The first-order valence-electron chi connectivity index (χ1n) is 8.08. The van der Waals surface area contributed by atoms with Crippen molar-refractivity contribution in [2.45, 2.75) is 33.8 Å². The molecule has 2 aromatic rings. The number of nitrogens with one attached hydrogen (secondary N) is 2. The van der Waals surface area contributed by atoms with E-state index in [0.29, 0.717) is 24.0 Å². The van der Waals surface area contributed by atoms with Gasteiger partial charge in [0.2, 0.25) is 0 Å². The monoisotopic (exact) mass is 328 g/mol. The summed E-state index contributed by atoms with van der Waals surface area (Å²) in [5.74, 6) is 1.47. The van der Waals surface area contributed by atoms with Crippen molar-refractivity contribution < 1.29 is 9.53 Å². The van der Waals surface area contributed by atoms with E-state index in [2.05, 4.69) is 20.6 Å². The normalized spacial score (nSPS) is 10.8. The molecule has 1 aromatic heterocycles. The van der Waals surface area contributed by atoms with E-state index >= 15 is 0 Å². The van der Waals surface area contributed by atoms with E-state index in [4.69, 9.17) is 4.74 Å². The Morgan fingerprint density at radius 3 is 2.50 bits per heavy atom. The van der Waals surface area contributed by atoms with Gasteiger partial charge in [-0.05, 0) is 31.9 Å². The van der Waals surface area contributed by atoms with Crippen LogP contribution in [0.2, 0.25) is 0 Å². The van der Waals surface area contributed by atoms with Gasteiger partial charge in [0.25, 0.3) is 5.91 Å². The fourth-order valence-corrected chi connectivity index (χ4v) is 1.96. The molecule has 0 unspecified atom stereocenters. The van der Waals surface area contributed by atoms with Crippen molar-refractivity contribution in [3.8, 4) is 5.75 Å². The first-order chi connectivity index (χ1) is 11.5. The number of para-hydroxylation sites is 2. The van der Waals surface area contributed by atoms with Gasteiger partial charge in [0, 0.05) is 6.54 Å². The highest BCUT2D eigenvalue weighted by Crippen LogP contribution is 2.27. The molecule has 1 amide bonds. The summed E-state index contributed by atoms with van der Waals surface area (Å²) in [6.07, 6.45) is 3.08. The van der Waals surface area contributed by atoms with Crippen molar-refractivity contribution in [1.29, 1.82) is 0 Å². The minimum absolute atomic E-state index is 0.0751. The second-order valence-corrected chi connectivity index (χ2v) is 6.18. The summed E-state index contributed by atoms with van der Waals surface area (Å²) in [6, 6.07) is 7.62. The van der Waals surface area contributed by atoms with Crippen molar-refractivity contribution in [1.82, 2.24) is 15.3 Å². The Bertz CT molecular complexity index is 669. The van der Waals surface area contributed by atoms with E-state index in [9.17, 15) is 4.79 Å². The number of benzene rings is 1. The van der Waals surface area contributed by atoms with Crippen molar-refractivity contribution >= 4 is 17.4 Å². The van der Waals surface area contributed by atoms with E-state index in [1.807, 2.05) is 52.0 Å². The van der Waals surface area contributed by atoms with Crippen molar-refractivity contribution in [3.05, 3.63) is 42.4 Å². The van der Waals surface area contributed by atoms with Crippen molar-refractivity contribution in [3.63, 3.8) is 0 Å². The number of anilines is 2. The topological polar surface area (TPSA) is 76.1 Å². The number of carbonyl (C=O) groups is 1. The Morgan fingerprint density at radius 2 is 1.88 bits per heavy atom. The highest BCUT2D eigenvalue weighted by Gasteiger charge is 2.10. The molecule has 0 aliphatic carbocycles. The van der Waals surface area contributed by atoms with E-state index in [1.54, 1.807) is 0 Å². The number of hydrogen-bond acceptors (Lipinski definition) is 5. The minimum Gasteiger partial charge on any atom is -0.489 e. The van der Waals surface area contributed by atoms with Gasteiger partial charge in [-0.1, -0.05) is 26.0 Å². The van der Waals surface area contributed by atoms with E-state index in [0.717, 1.165) is 11.4 Å². The van der Waals surface area contributed by atoms with Crippen LogP contribution in [0.3, 0.4) is 0 Å². The molecule has 0 atom stereocenters. The number of ether oxygens (including phenoxy) is 1. The van der Waals surface area contributed by atoms with Crippen LogP contribution in [-0.4, -0.2) is 28.5 Å². The van der Waals surface area contributed by atoms with Gasteiger partial charge in [-0.25, -0.2) is 9.97 Å². The standard InChI is InChI=1S/C18H24N4O2/c1-12(2)9-21-18(23)15-10-20-17(11-19-15)22-14-7-5-6-8-16(14)24-13(3)4/h5-8,10-13H,9H2,1-4H3,(H,20,22)(H,21,23). The first-order valence-corrected chi connectivity index (χ1v) is 8.08. The molecule has 6 nitrogen and oxygen atoms in total. The van der Waals surface area contributed by atoms with Gasteiger partial charge in [-0.15, -0.1) is 0 Å². The summed E-state index contributed by atoms with van der Waals surface area (Å²) in [5, 5.41) is 5.98. The molecule has 0 aliphatic heterocycles. The molecular formula is C18H24N4O2. The summed E-state index contributed by atoms with van der Waals surface area (Å²) in [4.78, 5) is 20.4. The van der Waals surface area contributed by atoms with Gasteiger partial charge in [0.15, 0.2) is 0 Å². The minimum atomic E-state index is -0.216. The highest BCUT2D eigenvalue weighted by molar-refractivity contribution is 5.92. The number of carbonyl (C=O) groups excluding carboxylic acids is 1. The fraction of sp³-hybridized carbons (Fsp3) is 0.389. The van der Waals surface area contributed by atoms with Crippen LogP contribution in [0.5, 0.6) is 5.75 Å². The van der Waals surface area contributed by atoms with Gasteiger partial charge in [0.1, 0.15) is 17.3 Å². The third-order valence-corrected chi connectivity index (χ3v) is 3.07. The molecule has 0 fully saturated rings. The average Bonchev–Trinajstić information content (AvgIpc) is 2.54. The third kappa shape index (κ3) is 5.22. The first kappa shape index (κ1) is 17.7. The molecule has 0 radical (unpaired) electrons. The van der Waals surface area contributed by atoms with Crippen LogP contribution in [0.25, 0.3) is 0 Å². The summed E-state index contributed by atoms with van der Waals surface area (Å²) in [7, 11) is 0. The lowest BCUT2D eigenvalue weighted by Crippen LogP contribution is -2.28. The van der Waals surface area contributed by atoms with Crippen LogP contribution >= 0.6 is 0 Å². The molecule has 0 saturated heterocycles. The molecule has 2 N–H and O–H groups in total. The lowest BCUT2D eigenvalue weighted by Gasteiger charge is -2.15. The Hall–Kier alpha value is -2.63. The summed E-state index contributed by atoms with van der Waals surface area (Å²) in [5.41, 5.74) is 1.10. The predicted octanol–water partition coefficient (Wildman–Crippen LogP) is 3.39. The van der Waals surface area contributed by atoms with Gasteiger partial charge < -0.3 is 15.4 Å². The lowest BCUT2D eigenvalue weighted by atomic mass is 10.2. The van der Waals surface area contributed by atoms with Crippen LogP contribution in [0.4, 0.5) is 11.5 Å². The zero-order valence-corrected chi connectivity index (χ0v) is 14.5. The molecule has 128 valence electrons. The van der Waals surface area contributed by atoms with E-state index in [1.165, 1.54) is 12.4 Å². The largest absolute Gasteiger partial charge is 0.489 e. The number of nitrogens with zero attached hydrogens (tertiary/aromatic N) is 2. The zero-order valence-electron chi connectivity index (χ0n) is 14.5. The molecule has 24 heavy (non-hydrogen) atoms. The zero-order chi connectivity index (χ0) is 17.5. The molecule has 2 rings (SSSR count). The molecule has 1 heterocycles. The Kier molecular flexibility index (Phi) is 6.12. The lowest BCUT2D eigenvalue weighted by molar-refractivity contribution is 0.0943. The molecule has 0 saturated carbocycles. The molecule has 0 spiro atoms. The van der Waals surface area contributed by atoms with Gasteiger partial charge >= 0.3 is 0 Å². The molecule has 6 heteroatoms. The maximum Gasteiger partial charge on any atom is 0.271 e. The predicted molar refractivity (Wildman–Crippen MR) is 94.7 cm³/mol. The number of rotatable bonds is 7. The average molecular weight is 328 g/mol. The van der Waals surface area contributed by atoms with Crippen LogP contribution in [0.1, 0.15) is 38.2 Å². The third-order valence-electron chi connectivity index (χ3n) is 3.07. The van der Waals surface area contributed by atoms with Crippen LogP contribution in [-0.2, 0) is 0 Å². The SMILES string of the molecule is CC(C)CNC(=O)c1cnc(Nc2ccccc2OC(C)C)cn1. The van der Waals surface area contributed by atoms with Crippen LogP contribution in [0.15, 0.2) is 36.7 Å². The van der Waals surface area contributed by atoms with Crippen LogP contribution < -0.4 is 15.4 Å². The number of hydrogen-bond donors (Lipinski definition) is 2. The van der Waals surface area contributed by atoms with Gasteiger partial charge in [-0.3, -0.25) is 4.79 Å². The Labute approximate surface area is 142 Å². The van der Waals surface area contributed by atoms with Gasteiger partial charge in [0.05, 0.1) is 24.2 Å².